The minimum atomic E-state index is 0.253. The topological polar surface area (TPSA) is 29.5 Å². The molecule has 1 aliphatic carbocycles. The Morgan fingerprint density at radius 1 is 1.37 bits per heavy atom. The van der Waals surface area contributed by atoms with Gasteiger partial charge in [0.1, 0.15) is 0 Å². The lowest BCUT2D eigenvalue weighted by molar-refractivity contribution is 0.0770. The molecule has 1 unspecified atom stereocenters. The van der Waals surface area contributed by atoms with E-state index in [0.717, 1.165) is 50.4 Å². The minimum absolute atomic E-state index is 0.253. The fourth-order valence-electron chi connectivity index (χ4n) is 3.67. The van der Waals surface area contributed by atoms with Crippen molar-refractivity contribution in [2.24, 2.45) is 5.41 Å². The number of hydrogen-bond donors (Lipinski definition) is 0. The molecule has 2 fully saturated rings. The zero-order valence-electron chi connectivity index (χ0n) is 11.1. The van der Waals surface area contributed by atoms with Gasteiger partial charge in [-0.05, 0) is 43.7 Å². The van der Waals surface area contributed by atoms with E-state index in [9.17, 15) is 4.79 Å². The van der Waals surface area contributed by atoms with E-state index in [1.165, 1.54) is 23.3 Å². The molecule has 3 nitrogen and oxygen atoms in total. The summed E-state index contributed by atoms with van der Waals surface area (Å²) in [5.74, 6) is 0.253. The molecule has 0 N–H and O–H groups in total. The highest BCUT2D eigenvalue weighted by Gasteiger charge is 2.43. The summed E-state index contributed by atoms with van der Waals surface area (Å²) in [6, 6.07) is 2.14. The highest BCUT2D eigenvalue weighted by atomic mass is 32.1. The van der Waals surface area contributed by atoms with Gasteiger partial charge < -0.3 is 9.64 Å². The van der Waals surface area contributed by atoms with Crippen LogP contribution in [0.5, 0.6) is 0 Å². The molecule has 1 amide bonds. The molecule has 0 bridgehead atoms. The third-order valence-electron chi connectivity index (χ3n) is 4.87. The normalized spacial score (nSPS) is 29.4. The predicted molar refractivity (Wildman–Crippen MR) is 74.7 cm³/mol. The van der Waals surface area contributed by atoms with Gasteiger partial charge in [-0.2, -0.15) is 0 Å². The van der Waals surface area contributed by atoms with Gasteiger partial charge in [-0.3, -0.25) is 4.79 Å². The smallest absolute Gasteiger partial charge is 0.263 e. The Bertz CT molecular complexity index is 495. The van der Waals surface area contributed by atoms with Crippen LogP contribution in [0, 0.1) is 5.41 Å². The Morgan fingerprint density at radius 2 is 2.32 bits per heavy atom. The van der Waals surface area contributed by atoms with Gasteiger partial charge in [0.15, 0.2) is 0 Å². The Hall–Kier alpha value is -0.870. The Kier molecular flexibility index (Phi) is 2.71. The SMILES string of the molecule is O=C(c1cc2c(s1)CCC2)N1CCC2(CCOC2)C1. The highest BCUT2D eigenvalue weighted by Crippen LogP contribution is 2.39. The number of aryl methyl sites for hydroxylation is 2. The molecular weight excluding hydrogens is 258 g/mol. The Labute approximate surface area is 117 Å². The lowest BCUT2D eigenvalue weighted by atomic mass is 9.87. The van der Waals surface area contributed by atoms with Gasteiger partial charge in [0.05, 0.1) is 11.5 Å². The fraction of sp³-hybridized carbons (Fsp3) is 0.667. The Morgan fingerprint density at radius 3 is 3.11 bits per heavy atom. The van der Waals surface area contributed by atoms with Crippen molar-refractivity contribution in [3.63, 3.8) is 0 Å². The van der Waals surface area contributed by atoms with Crippen molar-refractivity contribution in [1.29, 1.82) is 0 Å². The second-order valence-electron chi connectivity index (χ2n) is 6.19. The molecule has 2 saturated heterocycles. The molecule has 3 heterocycles. The monoisotopic (exact) mass is 277 g/mol. The summed E-state index contributed by atoms with van der Waals surface area (Å²) in [4.78, 5) is 17.0. The van der Waals surface area contributed by atoms with Crippen LogP contribution in [-0.4, -0.2) is 37.1 Å². The van der Waals surface area contributed by atoms with Crippen molar-refractivity contribution >= 4 is 17.2 Å². The van der Waals surface area contributed by atoms with Gasteiger partial charge in [-0.15, -0.1) is 11.3 Å². The summed E-state index contributed by atoms with van der Waals surface area (Å²) in [7, 11) is 0. The first kappa shape index (κ1) is 11.9. The summed E-state index contributed by atoms with van der Waals surface area (Å²) in [6.45, 7) is 3.52. The van der Waals surface area contributed by atoms with Crippen molar-refractivity contribution < 1.29 is 9.53 Å². The van der Waals surface area contributed by atoms with Crippen LogP contribution in [0.4, 0.5) is 0 Å². The van der Waals surface area contributed by atoms with Crippen LogP contribution in [0.2, 0.25) is 0 Å². The summed E-state index contributed by atoms with van der Waals surface area (Å²) in [5.41, 5.74) is 1.70. The van der Waals surface area contributed by atoms with E-state index in [-0.39, 0.29) is 11.3 Å². The third-order valence-corrected chi connectivity index (χ3v) is 6.09. The van der Waals surface area contributed by atoms with Crippen molar-refractivity contribution in [3.05, 3.63) is 21.4 Å². The molecule has 0 radical (unpaired) electrons. The van der Waals surface area contributed by atoms with Crippen LogP contribution in [0.1, 0.15) is 39.4 Å². The minimum Gasteiger partial charge on any atom is -0.381 e. The first-order valence-corrected chi connectivity index (χ1v) is 8.06. The number of carbonyl (C=O) groups excluding carboxylic acids is 1. The number of fused-ring (bicyclic) bond motifs is 1. The average Bonchev–Trinajstić information content (AvgIpc) is 3.13. The van der Waals surface area contributed by atoms with Crippen molar-refractivity contribution in [2.45, 2.75) is 32.1 Å². The molecule has 0 aromatic carbocycles. The van der Waals surface area contributed by atoms with E-state index in [4.69, 9.17) is 4.74 Å². The second kappa shape index (κ2) is 4.32. The van der Waals surface area contributed by atoms with Gasteiger partial charge in [0.25, 0.3) is 5.91 Å². The van der Waals surface area contributed by atoms with Gasteiger partial charge >= 0.3 is 0 Å². The number of likely N-dealkylation sites (tertiary alicyclic amines) is 1. The third kappa shape index (κ3) is 1.93. The van der Waals surface area contributed by atoms with Gasteiger partial charge in [-0.1, -0.05) is 0 Å². The van der Waals surface area contributed by atoms with E-state index in [1.807, 2.05) is 0 Å². The molecule has 1 aromatic rings. The van der Waals surface area contributed by atoms with E-state index in [2.05, 4.69) is 11.0 Å². The molecule has 102 valence electrons. The molecule has 19 heavy (non-hydrogen) atoms. The Balaban J connectivity index is 1.51. The number of ether oxygens (including phenoxy) is 1. The molecule has 0 saturated carbocycles. The van der Waals surface area contributed by atoms with Crippen LogP contribution in [0.15, 0.2) is 6.07 Å². The maximum atomic E-state index is 12.6. The van der Waals surface area contributed by atoms with E-state index in [0.29, 0.717) is 0 Å². The van der Waals surface area contributed by atoms with Crippen LogP contribution in [0.25, 0.3) is 0 Å². The quantitative estimate of drug-likeness (QED) is 0.789. The highest BCUT2D eigenvalue weighted by molar-refractivity contribution is 7.14. The summed E-state index contributed by atoms with van der Waals surface area (Å²) in [6.07, 6.45) is 5.84. The second-order valence-corrected chi connectivity index (χ2v) is 7.33. The van der Waals surface area contributed by atoms with Crippen molar-refractivity contribution in [2.75, 3.05) is 26.3 Å². The maximum Gasteiger partial charge on any atom is 0.263 e. The summed E-state index contributed by atoms with van der Waals surface area (Å²) in [5, 5.41) is 0. The number of amides is 1. The van der Waals surface area contributed by atoms with E-state index >= 15 is 0 Å². The number of thiophene rings is 1. The van der Waals surface area contributed by atoms with Crippen LogP contribution >= 0.6 is 11.3 Å². The van der Waals surface area contributed by atoms with Gasteiger partial charge in [-0.25, -0.2) is 0 Å². The van der Waals surface area contributed by atoms with Gasteiger partial charge in [0.2, 0.25) is 0 Å². The van der Waals surface area contributed by atoms with E-state index in [1.54, 1.807) is 11.3 Å². The van der Waals surface area contributed by atoms with Crippen LogP contribution in [-0.2, 0) is 17.6 Å². The zero-order valence-corrected chi connectivity index (χ0v) is 11.9. The average molecular weight is 277 g/mol. The standard InChI is InChI=1S/C15H19NO2S/c17-14(13-8-11-2-1-3-12(11)19-13)16-6-4-15(9-16)5-7-18-10-15/h8H,1-7,9-10H2. The summed E-state index contributed by atoms with van der Waals surface area (Å²) >= 11 is 1.73. The fourth-order valence-corrected chi connectivity index (χ4v) is 4.89. The number of carbonyl (C=O) groups is 1. The molecule has 4 rings (SSSR count). The lowest BCUT2D eigenvalue weighted by Gasteiger charge is -2.21. The lowest BCUT2D eigenvalue weighted by Crippen LogP contribution is -2.32. The van der Waals surface area contributed by atoms with Crippen LogP contribution < -0.4 is 0 Å². The number of rotatable bonds is 1. The molecule has 4 heteroatoms. The molecular formula is C15H19NO2S. The number of hydrogen-bond acceptors (Lipinski definition) is 3. The largest absolute Gasteiger partial charge is 0.381 e. The molecule has 2 aliphatic heterocycles. The van der Waals surface area contributed by atoms with Gasteiger partial charge in [0, 0.05) is 30.0 Å². The number of nitrogens with zero attached hydrogens (tertiary/aromatic N) is 1. The first-order valence-electron chi connectivity index (χ1n) is 7.24. The summed E-state index contributed by atoms with van der Waals surface area (Å²) < 4.78 is 5.53. The molecule has 1 atom stereocenters. The first-order chi connectivity index (χ1) is 9.26. The van der Waals surface area contributed by atoms with E-state index < -0.39 is 0 Å². The molecule has 1 spiro atoms. The molecule has 3 aliphatic rings. The van der Waals surface area contributed by atoms with Crippen molar-refractivity contribution in [3.8, 4) is 0 Å². The van der Waals surface area contributed by atoms with Crippen molar-refractivity contribution in [1.82, 2.24) is 4.90 Å². The maximum absolute atomic E-state index is 12.6. The molecule has 1 aromatic heterocycles. The predicted octanol–water partition coefficient (Wildman–Crippen LogP) is 2.49. The zero-order chi connectivity index (χ0) is 12.9. The van der Waals surface area contributed by atoms with Crippen LogP contribution in [0.3, 0.4) is 0 Å².